The molecule has 2 aromatic rings. The van der Waals surface area contributed by atoms with Gasteiger partial charge in [0, 0.05) is 19.1 Å². The van der Waals surface area contributed by atoms with Crippen LogP contribution in [0, 0.1) is 42.4 Å². The maximum absolute atomic E-state index is 13.7. The molecule has 38 heavy (non-hydrogen) atoms. The van der Waals surface area contributed by atoms with Crippen LogP contribution in [0.25, 0.3) is 0 Å². The smallest absolute Gasteiger partial charge is 0.307 e. The lowest BCUT2D eigenvalue weighted by Gasteiger charge is -2.58. The Morgan fingerprint density at radius 1 is 1.08 bits per heavy atom. The van der Waals surface area contributed by atoms with Gasteiger partial charge in [0.15, 0.2) is 0 Å². The number of aliphatic carboxylic acids is 1. The van der Waals surface area contributed by atoms with Crippen LogP contribution in [-0.4, -0.2) is 51.8 Å². The zero-order valence-electron chi connectivity index (χ0n) is 21.7. The number of aryl methyl sites for hydroxylation is 1. The Bertz CT molecular complexity index is 1270. The molecule has 3 unspecified atom stereocenters. The minimum atomic E-state index is -0.709. The van der Waals surface area contributed by atoms with E-state index in [1.165, 1.54) is 0 Å². The van der Waals surface area contributed by atoms with Gasteiger partial charge in [0.2, 0.25) is 5.88 Å². The number of benzene rings is 1. The highest BCUT2D eigenvalue weighted by Crippen LogP contribution is 2.56. The van der Waals surface area contributed by atoms with Crippen molar-refractivity contribution in [2.24, 2.45) is 35.5 Å². The van der Waals surface area contributed by atoms with E-state index >= 15 is 0 Å². The Hall–Kier alpha value is -3.13. The Balaban J connectivity index is 1.12. The van der Waals surface area contributed by atoms with E-state index in [0.29, 0.717) is 48.9 Å². The number of fused-ring (bicyclic) bond motifs is 1. The summed E-state index contributed by atoms with van der Waals surface area (Å²) in [6.07, 6.45) is 4.60. The van der Waals surface area contributed by atoms with Crippen molar-refractivity contribution in [3.63, 3.8) is 0 Å². The van der Waals surface area contributed by atoms with Crippen LogP contribution in [-0.2, 0) is 11.4 Å². The summed E-state index contributed by atoms with van der Waals surface area (Å²) < 4.78 is 6.21. The Morgan fingerprint density at radius 2 is 1.79 bits per heavy atom. The molecule has 8 rings (SSSR count). The van der Waals surface area contributed by atoms with Gasteiger partial charge in [-0.1, -0.05) is 24.3 Å². The van der Waals surface area contributed by atoms with E-state index in [0.717, 1.165) is 49.0 Å². The molecule has 6 aliphatic rings. The number of carbonyl (C=O) groups is 2. The van der Waals surface area contributed by atoms with Gasteiger partial charge in [0.25, 0.3) is 5.91 Å². The molecular formula is C30H35N3O5. The SMILES string of the molecule is Cc1ccccc1COc1nc(N2C[C@@H]3C(C(=O)O)[C@@H]3C2)ccc1C(=O)NC1C2CC3CC1CC(O)(C3)C2. The highest BCUT2D eigenvalue weighted by molar-refractivity contribution is 5.97. The minimum Gasteiger partial charge on any atom is -0.481 e. The number of pyridine rings is 1. The van der Waals surface area contributed by atoms with Crippen LogP contribution >= 0.6 is 0 Å². The van der Waals surface area contributed by atoms with Crippen LogP contribution < -0.4 is 15.0 Å². The van der Waals surface area contributed by atoms with Crippen molar-refractivity contribution >= 4 is 17.7 Å². The predicted molar refractivity (Wildman–Crippen MR) is 140 cm³/mol. The van der Waals surface area contributed by atoms with Crippen LogP contribution in [0.1, 0.15) is 53.6 Å². The number of carboxylic acids is 1. The molecule has 0 spiro atoms. The van der Waals surface area contributed by atoms with Gasteiger partial charge in [-0.05, 0) is 91.9 Å². The molecule has 4 bridgehead atoms. The Labute approximate surface area is 222 Å². The summed E-state index contributed by atoms with van der Waals surface area (Å²) in [7, 11) is 0. The molecule has 200 valence electrons. The van der Waals surface area contributed by atoms with Crippen LogP contribution in [0.3, 0.4) is 0 Å². The molecule has 5 aliphatic carbocycles. The van der Waals surface area contributed by atoms with Crippen LogP contribution in [0.2, 0.25) is 0 Å². The van der Waals surface area contributed by atoms with Gasteiger partial charge in [-0.3, -0.25) is 9.59 Å². The fourth-order valence-electron chi connectivity index (χ4n) is 8.33. The van der Waals surface area contributed by atoms with E-state index < -0.39 is 11.6 Å². The third kappa shape index (κ3) is 4.04. The van der Waals surface area contributed by atoms with Crippen molar-refractivity contribution in [1.82, 2.24) is 10.3 Å². The van der Waals surface area contributed by atoms with E-state index in [1.54, 1.807) is 6.07 Å². The number of rotatable bonds is 7. The fourth-order valence-corrected chi connectivity index (χ4v) is 8.33. The van der Waals surface area contributed by atoms with Gasteiger partial charge in [-0.15, -0.1) is 0 Å². The molecular weight excluding hydrogens is 482 g/mol. The van der Waals surface area contributed by atoms with Crippen molar-refractivity contribution < 1.29 is 24.5 Å². The number of hydrogen-bond acceptors (Lipinski definition) is 6. The number of anilines is 1. The number of nitrogens with zero attached hydrogens (tertiary/aromatic N) is 2. The van der Waals surface area contributed by atoms with E-state index in [1.807, 2.05) is 37.3 Å². The summed E-state index contributed by atoms with van der Waals surface area (Å²) >= 11 is 0. The van der Waals surface area contributed by atoms with Crippen LogP contribution in [0.15, 0.2) is 36.4 Å². The van der Waals surface area contributed by atoms with Gasteiger partial charge >= 0.3 is 5.97 Å². The van der Waals surface area contributed by atoms with Gasteiger partial charge < -0.3 is 25.2 Å². The highest BCUT2D eigenvalue weighted by Gasteiger charge is 2.60. The second kappa shape index (κ2) is 8.70. The fraction of sp³-hybridized carbons (Fsp3) is 0.567. The molecule has 1 aromatic heterocycles. The summed E-state index contributed by atoms with van der Waals surface area (Å²) in [5, 5.41) is 23.6. The molecule has 0 radical (unpaired) electrons. The number of nitrogens with one attached hydrogen (secondary N) is 1. The topological polar surface area (TPSA) is 112 Å². The summed E-state index contributed by atoms with van der Waals surface area (Å²) in [6, 6.07) is 11.7. The van der Waals surface area contributed by atoms with Crippen molar-refractivity contribution in [3.05, 3.63) is 53.1 Å². The highest BCUT2D eigenvalue weighted by atomic mass is 16.5. The number of amides is 1. The van der Waals surface area contributed by atoms with Crippen molar-refractivity contribution in [1.29, 1.82) is 0 Å². The lowest BCUT2D eigenvalue weighted by molar-refractivity contribution is -0.139. The monoisotopic (exact) mass is 517 g/mol. The summed E-state index contributed by atoms with van der Waals surface area (Å²) in [5.41, 5.74) is 2.02. The average molecular weight is 518 g/mol. The number of aliphatic hydroxyl groups is 1. The first kappa shape index (κ1) is 23.9. The molecule has 2 heterocycles. The van der Waals surface area contributed by atoms with Gasteiger partial charge in [0.1, 0.15) is 18.0 Å². The lowest BCUT2D eigenvalue weighted by atomic mass is 9.52. The molecule has 3 N–H and O–H groups in total. The van der Waals surface area contributed by atoms with E-state index in [4.69, 9.17) is 9.72 Å². The van der Waals surface area contributed by atoms with E-state index in [9.17, 15) is 19.8 Å². The minimum absolute atomic E-state index is 0.0712. The number of piperidine rings is 1. The third-order valence-electron chi connectivity index (χ3n) is 10.1. The lowest BCUT2D eigenvalue weighted by Crippen LogP contribution is -2.61. The van der Waals surface area contributed by atoms with E-state index in [2.05, 4.69) is 10.2 Å². The second-order valence-electron chi connectivity index (χ2n) is 12.5. The predicted octanol–water partition coefficient (Wildman–Crippen LogP) is 3.41. The maximum atomic E-state index is 13.7. The summed E-state index contributed by atoms with van der Waals surface area (Å²) in [5.74, 6) is 1.44. The van der Waals surface area contributed by atoms with Crippen molar-refractivity contribution in [2.45, 2.75) is 57.3 Å². The van der Waals surface area contributed by atoms with Crippen LogP contribution in [0.4, 0.5) is 5.82 Å². The number of carboxylic acid groups (broad SMARTS) is 1. The molecule has 1 aromatic carbocycles. The van der Waals surface area contributed by atoms with Crippen molar-refractivity contribution in [2.75, 3.05) is 18.0 Å². The molecule has 5 saturated carbocycles. The maximum Gasteiger partial charge on any atom is 0.307 e. The molecule has 8 heteroatoms. The van der Waals surface area contributed by atoms with E-state index in [-0.39, 0.29) is 29.7 Å². The first-order valence-electron chi connectivity index (χ1n) is 14.0. The average Bonchev–Trinajstić information content (AvgIpc) is 3.39. The number of carbonyl (C=O) groups excluding carboxylic acids is 1. The zero-order valence-corrected chi connectivity index (χ0v) is 21.7. The third-order valence-corrected chi connectivity index (χ3v) is 10.1. The summed E-state index contributed by atoms with van der Waals surface area (Å²) in [6.45, 7) is 3.66. The first-order chi connectivity index (χ1) is 18.3. The quantitative estimate of drug-likeness (QED) is 0.516. The zero-order chi connectivity index (χ0) is 26.2. The molecule has 6 fully saturated rings. The molecule has 8 nitrogen and oxygen atoms in total. The Morgan fingerprint density at radius 3 is 2.45 bits per heavy atom. The van der Waals surface area contributed by atoms with Gasteiger partial charge in [0.05, 0.1) is 11.5 Å². The normalized spacial score (nSPS) is 36.2. The van der Waals surface area contributed by atoms with Crippen molar-refractivity contribution in [3.8, 4) is 5.88 Å². The second-order valence-corrected chi connectivity index (χ2v) is 12.5. The number of aromatic nitrogens is 1. The standard InChI is InChI=1S/C30H35N3O5/c1-16-4-2-3-5-18(16)15-38-28-21(6-7-24(31-28)33-13-22-23(14-33)25(22)29(35)36)27(34)32-26-19-8-17-9-20(26)12-30(37,10-17)11-19/h2-7,17,19-20,22-23,25-26,37H,8-15H2,1H3,(H,32,34)(H,35,36)/t17?,19?,20?,22-,23+,25?,26?,30?. The Kier molecular flexibility index (Phi) is 5.48. The molecule has 1 amide bonds. The largest absolute Gasteiger partial charge is 0.481 e. The van der Waals surface area contributed by atoms with Gasteiger partial charge in [-0.2, -0.15) is 4.98 Å². The summed E-state index contributed by atoms with van der Waals surface area (Å²) in [4.78, 5) is 32.0. The molecule has 1 aliphatic heterocycles. The first-order valence-corrected chi connectivity index (χ1v) is 14.0. The van der Waals surface area contributed by atoms with Crippen LogP contribution in [0.5, 0.6) is 5.88 Å². The number of hydrogen-bond donors (Lipinski definition) is 3. The molecule has 1 saturated heterocycles. The number of ether oxygens (including phenoxy) is 1. The molecule has 5 atom stereocenters. The van der Waals surface area contributed by atoms with Gasteiger partial charge in [-0.25, -0.2) is 0 Å².